The summed E-state index contributed by atoms with van der Waals surface area (Å²) >= 11 is 0. The van der Waals surface area contributed by atoms with Gasteiger partial charge in [0.15, 0.2) is 0 Å². The van der Waals surface area contributed by atoms with Crippen LogP contribution < -0.4 is 0 Å². The summed E-state index contributed by atoms with van der Waals surface area (Å²) in [5.41, 5.74) is 0. The molecule has 0 amide bonds. The first-order valence-electron chi connectivity index (χ1n) is 2.47. The zero-order chi connectivity index (χ0) is 4.57. The number of rotatable bonds is 0. The van der Waals surface area contributed by atoms with Crippen molar-refractivity contribution in [2.45, 2.75) is 12.8 Å². The van der Waals surface area contributed by atoms with Crippen molar-refractivity contribution in [1.29, 1.82) is 0 Å². The van der Waals surface area contributed by atoms with Crippen LogP contribution in [0.3, 0.4) is 0 Å². The van der Waals surface area contributed by atoms with E-state index in [0.29, 0.717) is 11.8 Å². The average molecular weight is 82.1 g/mol. The minimum atomic E-state index is 0.671. The summed E-state index contributed by atoms with van der Waals surface area (Å²) in [6, 6.07) is 0. The fraction of sp³-hybridized carbons (Fsp3) is 0.667. The first kappa shape index (κ1) is 4.17. The summed E-state index contributed by atoms with van der Waals surface area (Å²) in [5.74, 6) is 1.34. The molecular weight excluding hydrogens is 72.1 g/mol. The Hall–Kier alpha value is 0. The molecule has 0 heterocycles. The van der Waals surface area contributed by atoms with Gasteiger partial charge in [-0.2, -0.15) is 0 Å². The summed E-state index contributed by atoms with van der Waals surface area (Å²) in [7, 11) is 0. The van der Waals surface area contributed by atoms with E-state index in [-0.39, 0.29) is 0 Å². The van der Waals surface area contributed by atoms with Crippen LogP contribution in [0.5, 0.6) is 0 Å². The molecular formula is C6H10. The molecule has 0 nitrogen and oxygen atoms in total. The number of hydrogen-bond donors (Lipinski definition) is 0. The number of hydrogen-bond acceptors (Lipinski definition) is 0. The van der Waals surface area contributed by atoms with Crippen molar-refractivity contribution >= 4 is 0 Å². The quantitative estimate of drug-likeness (QED) is 0.417. The summed E-state index contributed by atoms with van der Waals surface area (Å²) in [4.78, 5) is 0. The van der Waals surface area contributed by atoms with Gasteiger partial charge in [-0.15, -0.1) is 0 Å². The first-order chi connectivity index (χ1) is 2.80. The molecule has 0 unspecified atom stereocenters. The van der Waals surface area contributed by atoms with E-state index in [1.54, 1.807) is 0 Å². The van der Waals surface area contributed by atoms with Crippen LogP contribution in [-0.2, 0) is 0 Å². The smallest absolute Gasteiger partial charge is 0.0386 e. The van der Waals surface area contributed by atoms with E-state index in [9.17, 15) is 0 Å². The Kier molecular flexibility index (Phi) is 0.868. The van der Waals surface area contributed by atoms with Crippen molar-refractivity contribution in [1.82, 2.24) is 0 Å². The summed E-state index contributed by atoms with van der Waals surface area (Å²) in [6.07, 6.45) is 2.60. The zero-order valence-corrected chi connectivity index (χ0v) is 3.98. The molecule has 1 saturated carbocycles. The molecule has 34 valence electrons. The van der Waals surface area contributed by atoms with Crippen LogP contribution in [0.1, 0.15) is 12.8 Å². The summed E-state index contributed by atoms with van der Waals surface area (Å²) < 4.78 is 0. The third kappa shape index (κ3) is 0.444. The van der Waals surface area contributed by atoms with Gasteiger partial charge in [0.25, 0.3) is 0 Å². The Labute approximate surface area is 39.6 Å². The van der Waals surface area contributed by atoms with E-state index in [2.05, 4.69) is 13.8 Å². The van der Waals surface area contributed by atoms with Crippen molar-refractivity contribution < 1.29 is 0 Å². The van der Waals surface area contributed by atoms with Crippen LogP contribution in [0.2, 0.25) is 0 Å². The molecule has 0 aromatic heterocycles. The van der Waals surface area contributed by atoms with Gasteiger partial charge in [0.05, 0.1) is 0 Å². The molecule has 1 rings (SSSR count). The molecule has 0 N–H and O–H groups in total. The molecule has 2 radical (unpaired) electrons. The van der Waals surface area contributed by atoms with E-state index in [4.69, 9.17) is 0 Å². The Balaban J connectivity index is 2.20. The second-order valence-corrected chi connectivity index (χ2v) is 2.10. The second kappa shape index (κ2) is 1.25. The molecule has 1 aliphatic carbocycles. The maximum Gasteiger partial charge on any atom is -0.0386 e. The Morgan fingerprint density at radius 3 is 1.33 bits per heavy atom. The van der Waals surface area contributed by atoms with Gasteiger partial charge in [-0.3, -0.25) is 0 Å². The molecule has 0 heteroatoms. The van der Waals surface area contributed by atoms with Crippen LogP contribution >= 0.6 is 0 Å². The zero-order valence-electron chi connectivity index (χ0n) is 3.98. The standard InChI is InChI=1S/C6H10/c1-5-3-4-6(5)2/h5-6H,1-4H2/t5-,6+. The minimum absolute atomic E-state index is 0.671. The van der Waals surface area contributed by atoms with Crippen LogP contribution in [0.25, 0.3) is 0 Å². The van der Waals surface area contributed by atoms with Crippen molar-refractivity contribution in [3.8, 4) is 0 Å². The molecule has 1 aliphatic rings. The van der Waals surface area contributed by atoms with Crippen molar-refractivity contribution in [3.63, 3.8) is 0 Å². The van der Waals surface area contributed by atoms with E-state index in [0.717, 1.165) is 0 Å². The van der Waals surface area contributed by atoms with E-state index in [1.807, 2.05) is 0 Å². The highest BCUT2D eigenvalue weighted by Gasteiger charge is 2.21. The molecule has 0 bridgehead atoms. The largest absolute Gasteiger partial charge is 0.0499 e. The van der Waals surface area contributed by atoms with Gasteiger partial charge in [0.2, 0.25) is 0 Å². The molecule has 0 spiro atoms. The highest BCUT2D eigenvalue weighted by Crippen LogP contribution is 2.31. The van der Waals surface area contributed by atoms with Gasteiger partial charge in [0, 0.05) is 0 Å². The normalized spacial score (nSPS) is 45.0. The SMILES string of the molecule is [CH2][C@@H]1CC[C@@H]1[CH2]. The molecule has 1 fully saturated rings. The first-order valence-corrected chi connectivity index (χ1v) is 2.47. The summed E-state index contributed by atoms with van der Waals surface area (Å²) in [6.45, 7) is 7.72. The van der Waals surface area contributed by atoms with Crippen molar-refractivity contribution in [2.75, 3.05) is 0 Å². The van der Waals surface area contributed by atoms with Crippen LogP contribution in [-0.4, -0.2) is 0 Å². The molecule has 2 atom stereocenters. The van der Waals surface area contributed by atoms with E-state index < -0.39 is 0 Å². The second-order valence-electron chi connectivity index (χ2n) is 2.10. The molecule has 6 heavy (non-hydrogen) atoms. The van der Waals surface area contributed by atoms with Gasteiger partial charge in [0.1, 0.15) is 0 Å². The molecule has 0 aliphatic heterocycles. The van der Waals surface area contributed by atoms with Crippen molar-refractivity contribution in [2.24, 2.45) is 11.8 Å². The fourth-order valence-corrected chi connectivity index (χ4v) is 0.638. The minimum Gasteiger partial charge on any atom is -0.0499 e. The summed E-state index contributed by atoms with van der Waals surface area (Å²) in [5, 5.41) is 0. The Morgan fingerprint density at radius 1 is 1.00 bits per heavy atom. The Bertz CT molecular complexity index is 40.0. The lowest BCUT2D eigenvalue weighted by Gasteiger charge is -2.29. The molecule has 0 saturated heterocycles. The molecule has 0 aromatic carbocycles. The third-order valence-corrected chi connectivity index (χ3v) is 1.57. The van der Waals surface area contributed by atoms with E-state index >= 15 is 0 Å². The van der Waals surface area contributed by atoms with Gasteiger partial charge in [-0.25, -0.2) is 0 Å². The van der Waals surface area contributed by atoms with Crippen LogP contribution in [0, 0.1) is 25.7 Å². The maximum absolute atomic E-state index is 3.86. The van der Waals surface area contributed by atoms with Gasteiger partial charge < -0.3 is 0 Å². The monoisotopic (exact) mass is 82.1 g/mol. The van der Waals surface area contributed by atoms with Crippen LogP contribution in [0.15, 0.2) is 0 Å². The average Bonchev–Trinajstić information content (AvgIpc) is 1.61. The lowest BCUT2D eigenvalue weighted by molar-refractivity contribution is 0.280. The topological polar surface area (TPSA) is 0 Å². The predicted molar refractivity (Wildman–Crippen MR) is 26.9 cm³/mol. The predicted octanol–water partition coefficient (Wildman–Crippen LogP) is 1.68. The lowest BCUT2D eigenvalue weighted by Crippen LogP contribution is -2.19. The third-order valence-electron chi connectivity index (χ3n) is 1.57. The van der Waals surface area contributed by atoms with Crippen LogP contribution in [0.4, 0.5) is 0 Å². The lowest BCUT2D eigenvalue weighted by atomic mass is 9.77. The van der Waals surface area contributed by atoms with Gasteiger partial charge in [-0.1, -0.05) is 0 Å². The Morgan fingerprint density at radius 2 is 1.33 bits per heavy atom. The molecule has 0 aromatic rings. The van der Waals surface area contributed by atoms with Crippen molar-refractivity contribution in [3.05, 3.63) is 13.8 Å². The highest BCUT2D eigenvalue weighted by molar-refractivity contribution is 4.83. The van der Waals surface area contributed by atoms with Gasteiger partial charge >= 0.3 is 0 Å². The maximum atomic E-state index is 3.86. The van der Waals surface area contributed by atoms with E-state index in [1.165, 1.54) is 12.8 Å². The fourth-order valence-electron chi connectivity index (χ4n) is 0.638. The highest BCUT2D eigenvalue weighted by atomic mass is 14.3. The van der Waals surface area contributed by atoms with Gasteiger partial charge in [-0.05, 0) is 38.5 Å².